The second-order valence-corrected chi connectivity index (χ2v) is 19.1. The van der Waals surface area contributed by atoms with E-state index in [2.05, 4.69) is 135 Å². The molecule has 2 aromatic carbocycles. The van der Waals surface area contributed by atoms with Crippen LogP contribution in [0.15, 0.2) is 72.8 Å². The van der Waals surface area contributed by atoms with E-state index in [-0.39, 0.29) is 0 Å². The van der Waals surface area contributed by atoms with Crippen LogP contribution in [0.4, 0.5) is 0 Å². The first-order chi connectivity index (χ1) is 31.0. The van der Waals surface area contributed by atoms with Crippen molar-refractivity contribution >= 4 is 0 Å². The van der Waals surface area contributed by atoms with Crippen LogP contribution < -0.4 is 0 Å². The zero-order valence-electron chi connectivity index (χ0n) is 41.8. The number of benzene rings is 2. The first-order valence-corrected chi connectivity index (χ1v) is 26.8. The van der Waals surface area contributed by atoms with Crippen LogP contribution in [0.3, 0.4) is 0 Å². The maximum atomic E-state index is 4.53. The minimum absolute atomic E-state index is 0.497. The Morgan fingerprint density at radius 3 is 0.873 bits per heavy atom. The van der Waals surface area contributed by atoms with Gasteiger partial charge in [-0.05, 0) is 73.9 Å². The maximum Gasteiger partial charge on any atom is 0.0929 e. The van der Waals surface area contributed by atoms with Gasteiger partial charge in [0.05, 0.1) is 22.8 Å². The summed E-state index contributed by atoms with van der Waals surface area (Å²) in [6, 6.07) is 26.5. The molecule has 4 nitrogen and oxygen atoms in total. The minimum atomic E-state index is 0.497. The molecule has 0 aliphatic rings. The smallest absolute Gasteiger partial charge is 0.0929 e. The molecule has 0 spiro atoms. The zero-order chi connectivity index (χ0) is 45.0. The van der Waals surface area contributed by atoms with Crippen molar-refractivity contribution in [3.8, 4) is 22.5 Å². The van der Waals surface area contributed by atoms with E-state index in [4.69, 9.17) is 0 Å². The molecule has 0 fully saturated rings. The average Bonchev–Trinajstić information content (AvgIpc) is 3.32. The van der Waals surface area contributed by atoms with Crippen LogP contribution >= 0.6 is 0 Å². The fraction of sp³-hybridized carbons (Fsp3) is 0.661. The summed E-state index contributed by atoms with van der Waals surface area (Å²) in [5.74, 6) is 0.994. The summed E-state index contributed by atoms with van der Waals surface area (Å²) >= 11 is 0. The molecule has 0 saturated carbocycles. The highest BCUT2D eigenvalue weighted by Crippen LogP contribution is 2.25. The van der Waals surface area contributed by atoms with Gasteiger partial charge in [-0.1, -0.05) is 251 Å². The van der Waals surface area contributed by atoms with Gasteiger partial charge in [0.15, 0.2) is 0 Å². The van der Waals surface area contributed by atoms with Gasteiger partial charge in [0.25, 0.3) is 0 Å². The molecule has 63 heavy (non-hydrogen) atoms. The van der Waals surface area contributed by atoms with Gasteiger partial charge in [0.2, 0.25) is 0 Å². The van der Waals surface area contributed by atoms with Crippen LogP contribution in [-0.2, 0) is 12.8 Å². The lowest BCUT2D eigenvalue weighted by Gasteiger charge is -2.10. The second kappa shape index (κ2) is 35.9. The molecule has 4 heteroatoms. The number of hydrogen-bond donors (Lipinski definition) is 0. The van der Waals surface area contributed by atoms with E-state index in [9.17, 15) is 0 Å². The predicted molar refractivity (Wildman–Crippen MR) is 276 cm³/mol. The lowest BCUT2D eigenvalue weighted by molar-refractivity contribution is 0.556. The highest BCUT2D eigenvalue weighted by atomic mass is 15.1. The molecular formula is C59H94N4. The molecule has 0 aliphatic carbocycles. The molecule has 0 amide bonds. The molecule has 0 radical (unpaired) electrons. The van der Waals surface area contributed by atoms with Crippen LogP contribution in [0.25, 0.3) is 22.5 Å². The van der Waals surface area contributed by atoms with Crippen LogP contribution in [0.5, 0.6) is 0 Å². The molecule has 350 valence electrons. The van der Waals surface area contributed by atoms with Crippen molar-refractivity contribution in [1.82, 2.24) is 20.4 Å². The zero-order valence-corrected chi connectivity index (χ0v) is 41.8. The van der Waals surface area contributed by atoms with Gasteiger partial charge < -0.3 is 0 Å². The number of unbranched alkanes of at least 4 members (excludes halogenated alkanes) is 23. The third kappa shape index (κ3) is 24.5. The Kier molecular flexibility index (Phi) is 30.7. The Morgan fingerprint density at radius 1 is 0.302 bits per heavy atom. The van der Waals surface area contributed by atoms with E-state index in [1.54, 1.807) is 0 Å². The largest absolute Gasteiger partial charge is 0.155 e. The van der Waals surface area contributed by atoms with Crippen molar-refractivity contribution in [2.45, 2.75) is 252 Å². The van der Waals surface area contributed by atoms with Gasteiger partial charge in [0, 0.05) is 23.0 Å². The Morgan fingerprint density at radius 2 is 0.587 bits per heavy atom. The topological polar surface area (TPSA) is 51.6 Å². The summed E-state index contributed by atoms with van der Waals surface area (Å²) in [5, 5.41) is 18.1. The third-order valence-corrected chi connectivity index (χ3v) is 13.2. The van der Waals surface area contributed by atoms with Crippen molar-refractivity contribution in [2.24, 2.45) is 0 Å². The van der Waals surface area contributed by atoms with Crippen molar-refractivity contribution in [3.63, 3.8) is 0 Å². The van der Waals surface area contributed by atoms with Gasteiger partial charge in [-0.3, -0.25) is 0 Å². The Balaban J connectivity index is 0.000000335. The van der Waals surface area contributed by atoms with E-state index in [1.807, 2.05) is 0 Å². The third-order valence-electron chi connectivity index (χ3n) is 13.2. The molecule has 0 N–H and O–H groups in total. The lowest BCUT2D eigenvalue weighted by atomic mass is 9.98. The summed E-state index contributed by atoms with van der Waals surface area (Å²) in [6.07, 6.45) is 41.8. The Bertz CT molecular complexity index is 1610. The van der Waals surface area contributed by atoms with Crippen molar-refractivity contribution in [2.75, 3.05) is 0 Å². The lowest BCUT2D eigenvalue weighted by Crippen LogP contribution is -2.00. The first kappa shape index (κ1) is 53.9. The minimum Gasteiger partial charge on any atom is -0.155 e. The van der Waals surface area contributed by atoms with E-state index in [1.165, 1.54) is 221 Å². The molecule has 2 unspecified atom stereocenters. The molecule has 2 atom stereocenters. The normalized spacial score (nSPS) is 12.2. The number of aromatic nitrogens is 4. The SMILES string of the molecule is CCCCCCCCCCCCc1ccc(-c2ccc(C(C)CCCCCC)nn2)cc1.CCCCCCCCCCCc1ccc(-c2ccc(C(C)CCCCCC)nn2)cc1. The summed E-state index contributed by atoms with van der Waals surface area (Å²) in [5.41, 5.74) is 9.45. The van der Waals surface area contributed by atoms with Gasteiger partial charge in [-0.2, -0.15) is 20.4 Å². The number of nitrogens with zero attached hydrogens (tertiary/aromatic N) is 4. The van der Waals surface area contributed by atoms with Crippen LogP contribution in [0.2, 0.25) is 0 Å². The number of aryl methyl sites for hydroxylation is 2. The van der Waals surface area contributed by atoms with Crippen molar-refractivity contribution in [1.29, 1.82) is 0 Å². The summed E-state index contributed by atoms with van der Waals surface area (Å²) in [4.78, 5) is 0. The molecule has 0 bridgehead atoms. The Labute approximate surface area is 389 Å². The first-order valence-electron chi connectivity index (χ1n) is 26.8. The number of rotatable bonds is 35. The summed E-state index contributed by atoms with van der Waals surface area (Å²) in [7, 11) is 0. The highest BCUT2D eigenvalue weighted by Gasteiger charge is 2.11. The van der Waals surface area contributed by atoms with E-state index in [0.717, 1.165) is 22.8 Å². The van der Waals surface area contributed by atoms with E-state index in [0.29, 0.717) is 11.8 Å². The van der Waals surface area contributed by atoms with Crippen LogP contribution in [0, 0.1) is 0 Å². The predicted octanol–water partition coefficient (Wildman–Crippen LogP) is 19.0. The Hall–Kier alpha value is -3.40. The van der Waals surface area contributed by atoms with Gasteiger partial charge in [-0.15, -0.1) is 0 Å². The quantitative estimate of drug-likeness (QED) is 0.0433. The van der Waals surface area contributed by atoms with Gasteiger partial charge in [0.1, 0.15) is 0 Å². The molecule has 0 aliphatic heterocycles. The standard InChI is InChI=1S/C30H48N2.C29H46N2/c1-4-6-8-10-11-12-13-14-15-17-19-27-20-22-28(23-21-27)30-25-24-29(31-32-30)26(3)18-16-9-7-5-2;1-4-6-8-10-11-12-13-14-16-18-26-19-21-27(22-20-26)29-24-23-28(30-31-29)25(3)17-15-9-7-5-2/h20-26H,4-19H2,1-3H3;19-25H,4-18H2,1-3H3. The summed E-state index contributed by atoms with van der Waals surface area (Å²) < 4.78 is 0. The monoisotopic (exact) mass is 859 g/mol. The number of hydrogen-bond acceptors (Lipinski definition) is 4. The van der Waals surface area contributed by atoms with Gasteiger partial charge >= 0.3 is 0 Å². The average molecular weight is 859 g/mol. The second-order valence-electron chi connectivity index (χ2n) is 19.1. The van der Waals surface area contributed by atoms with Crippen LogP contribution in [0.1, 0.15) is 262 Å². The molecule has 2 heterocycles. The molecule has 2 aromatic heterocycles. The summed E-state index contributed by atoms with van der Waals surface area (Å²) in [6.45, 7) is 13.6. The van der Waals surface area contributed by atoms with E-state index >= 15 is 0 Å². The highest BCUT2D eigenvalue weighted by molar-refractivity contribution is 5.59. The van der Waals surface area contributed by atoms with Crippen molar-refractivity contribution in [3.05, 3.63) is 95.3 Å². The van der Waals surface area contributed by atoms with Crippen molar-refractivity contribution < 1.29 is 0 Å². The van der Waals surface area contributed by atoms with Gasteiger partial charge in [-0.25, -0.2) is 0 Å². The maximum absolute atomic E-state index is 4.53. The molecule has 4 aromatic rings. The molecule has 4 rings (SSSR count). The molecular weight excluding hydrogens is 765 g/mol. The molecule has 0 saturated heterocycles. The van der Waals surface area contributed by atoms with Crippen LogP contribution in [-0.4, -0.2) is 20.4 Å². The van der Waals surface area contributed by atoms with E-state index < -0.39 is 0 Å². The fourth-order valence-corrected chi connectivity index (χ4v) is 8.71. The fourth-order valence-electron chi connectivity index (χ4n) is 8.71.